The van der Waals surface area contributed by atoms with Gasteiger partial charge < -0.3 is 39.8 Å². The highest BCUT2D eigenvalue weighted by Crippen LogP contribution is 2.16. The van der Waals surface area contributed by atoms with Gasteiger partial charge in [-0.2, -0.15) is 0 Å². The van der Waals surface area contributed by atoms with E-state index in [0.29, 0.717) is 10.6 Å². The van der Waals surface area contributed by atoms with Gasteiger partial charge >= 0.3 is 24.0 Å². The van der Waals surface area contributed by atoms with Crippen LogP contribution in [0.2, 0.25) is 0 Å². The van der Waals surface area contributed by atoms with Crippen LogP contribution < -0.4 is 21.4 Å². The Balaban J connectivity index is 1.93. The highest BCUT2D eigenvalue weighted by Gasteiger charge is 2.35. The van der Waals surface area contributed by atoms with Crippen LogP contribution in [0, 0.1) is 5.92 Å². The SMILES string of the molecule is CC(C)[C@H](NC(=O)[C@H](CCC(=O)OC(C)(C)C)NC(=O)[C@H](CC(=O)OC(C)(C)C)NC(=O)OCc1ccccc1)C(=O)NN(CC(=O)OC(C)(C)C)C(=O)/C=C/C(=O)N(Cc1ccccc1)Cc1ccccc1. The summed E-state index contributed by atoms with van der Waals surface area (Å²) in [6.45, 7) is 17.1. The third-order valence-electron chi connectivity index (χ3n) is 9.88. The second-order valence-corrected chi connectivity index (χ2v) is 20.5. The van der Waals surface area contributed by atoms with E-state index in [1.807, 2.05) is 60.7 Å². The monoisotopic (exact) mass is 1010 g/mol. The summed E-state index contributed by atoms with van der Waals surface area (Å²) in [6.07, 6.45) is -0.629. The van der Waals surface area contributed by atoms with Crippen molar-refractivity contribution in [1.29, 1.82) is 0 Å². The third-order valence-corrected chi connectivity index (χ3v) is 9.88. The van der Waals surface area contributed by atoms with E-state index in [2.05, 4.69) is 21.4 Å². The van der Waals surface area contributed by atoms with Crippen molar-refractivity contribution in [2.45, 2.75) is 150 Å². The number of carbonyl (C=O) groups is 9. The minimum absolute atomic E-state index is 0.176. The van der Waals surface area contributed by atoms with Crippen LogP contribution in [0.15, 0.2) is 103 Å². The standard InChI is InChI=1S/C54H72N6O13/c1-36(2)47(50(68)58-60(34-46(65)73-54(9,10)11)43(62)29-28-42(61)59(32-37-21-15-12-16-22-37)33-38-23-17-13-18-24-38)57-48(66)40(27-30-44(63)71-52(3,4)5)55-49(67)41(31-45(64)72-53(6,7)8)56-51(69)70-35-39-25-19-14-20-26-39/h12-26,28-29,36,40-41,47H,27,30-35H2,1-11H3,(H,55,67)(H,56,69)(H,57,66)(H,58,68)/b29-28+/t40-,41-,47-/m0/s1. The van der Waals surface area contributed by atoms with E-state index in [-0.39, 0.29) is 26.1 Å². The molecule has 3 aromatic carbocycles. The summed E-state index contributed by atoms with van der Waals surface area (Å²) < 4.78 is 21.6. The fourth-order valence-corrected chi connectivity index (χ4v) is 6.69. The maximum Gasteiger partial charge on any atom is 0.408 e. The minimum Gasteiger partial charge on any atom is -0.460 e. The van der Waals surface area contributed by atoms with Crippen molar-refractivity contribution in [2.75, 3.05) is 6.54 Å². The summed E-state index contributed by atoms with van der Waals surface area (Å²) in [4.78, 5) is 124. The van der Waals surface area contributed by atoms with Gasteiger partial charge in [-0.1, -0.05) is 105 Å². The van der Waals surface area contributed by atoms with Gasteiger partial charge in [0.05, 0.1) is 6.42 Å². The first-order chi connectivity index (χ1) is 34.1. The molecule has 0 bridgehead atoms. The number of alkyl carbamates (subject to hydrolysis) is 1. The zero-order valence-corrected chi connectivity index (χ0v) is 43.8. The molecule has 396 valence electrons. The van der Waals surface area contributed by atoms with Gasteiger partial charge in [-0.15, -0.1) is 0 Å². The maximum atomic E-state index is 14.3. The summed E-state index contributed by atoms with van der Waals surface area (Å²) >= 11 is 0. The first-order valence-corrected chi connectivity index (χ1v) is 24.0. The lowest BCUT2D eigenvalue weighted by molar-refractivity contribution is -0.161. The summed E-state index contributed by atoms with van der Waals surface area (Å²) in [5, 5.41) is 8.08. The summed E-state index contributed by atoms with van der Waals surface area (Å²) in [5.41, 5.74) is 1.82. The first-order valence-electron chi connectivity index (χ1n) is 24.0. The third kappa shape index (κ3) is 23.9. The molecule has 19 nitrogen and oxygen atoms in total. The summed E-state index contributed by atoms with van der Waals surface area (Å²) in [5.74, 6) is -7.78. The molecule has 0 fully saturated rings. The van der Waals surface area contributed by atoms with Gasteiger partial charge in [-0.25, -0.2) is 9.80 Å². The second-order valence-electron chi connectivity index (χ2n) is 20.5. The predicted octanol–water partition coefficient (Wildman–Crippen LogP) is 5.75. The quantitative estimate of drug-likeness (QED) is 0.0406. The fourth-order valence-electron chi connectivity index (χ4n) is 6.69. The molecule has 0 spiro atoms. The number of hydrazine groups is 1. The highest BCUT2D eigenvalue weighted by molar-refractivity contribution is 5.99. The van der Waals surface area contributed by atoms with Crippen molar-refractivity contribution in [1.82, 2.24) is 31.3 Å². The summed E-state index contributed by atoms with van der Waals surface area (Å²) in [6, 6.07) is 22.4. The van der Waals surface area contributed by atoms with Crippen molar-refractivity contribution in [2.24, 2.45) is 5.92 Å². The van der Waals surface area contributed by atoms with Crippen molar-refractivity contribution in [3.63, 3.8) is 0 Å². The molecule has 3 atom stereocenters. The van der Waals surface area contributed by atoms with Crippen molar-refractivity contribution in [3.05, 3.63) is 120 Å². The van der Waals surface area contributed by atoms with Gasteiger partial charge in [-0.3, -0.25) is 43.8 Å². The molecule has 0 radical (unpaired) electrons. The minimum atomic E-state index is -1.66. The molecule has 3 rings (SSSR count). The van der Waals surface area contributed by atoms with Gasteiger partial charge in [0, 0.05) is 31.7 Å². The number of hydrogen-bond donors (Lipinski definition) is 4. The van der Waals surface area contributed by atoms with Crippen LogP contribution in [0.5, 0.6) is 0 Å². The smallest absolute Gasteiger partial charge is 0.408 e. The van der Waals surface area contributed by atoms with Crippen LogP contribution in [-0.2, 0) is 77.0 Å². The molecule has 73 heavy (non-hydrogen) atoms. The van der Waals surface area contributed by atoms with Gasteiger partial charge in [0.25, 0.3) is 11.8 Å². The Morgan fingerprint density at radius 2 is 0.986 bits per heavy atom. The average Bonchev–Trinajstić information content (AvgIpc) is 3.28. The van der Waals surface area contributed by atoms with E-state index >= 15 is 0 Å². The molecule has 3 aromatic rings. The van der Waals surface area contributed by atoms with E-state index in [4.69, 9.17) is 18.9 Å². The zero-order chi connectivity index (χ0) is 54.5. The van der Waals surface area contributed by atoms with Crippen LogP contribution >= 0.6 is 0 Å². The van der Waals surface area contributed by atoms with Crippen molar-refractivity contribution in [3.8, 4) is 0 Å². The van der Waals surface area contributed by atoms with Crippen molar-refractivity contribution < 1.29 is 62.1 Å². The predicted molar refractivity (Wildman–Crippen MR) is 270 cm³/mol. The highest BCUT2D eigenvalue weighted by atomic mass is 16.6. The van der Waals surface area contributed by atoms with Crippen LogP contribution in [0.1, 0.15) is 112 Å². The molecular weight excluding hydrogens is 941 g/mol. The Kier molecular flexibility index (Phi) is 22.8. The van der Waals surface area contributed by atoms with E-state index < -0.39 is 114 Å². The molecule has 0 aliphatic carbocycles. The lowest BCUT2D eigenvalue weighted by Gasteiger charge is -2.29. The van der Waals surface area contributed by atoms with Crippen LogP contribution in [-0.4, -0.2) is 105 Å². The molecule has 0 aliphatic rings. The van der Waals surface area contributed by atoms with E-state index in [1.165, 1.54) is 4.90 Å². The fraction of sp³-hybridized carbons (Fsp3) is 0.463. The number of rotatable bonds is 22. The normalized spacial score (nSPS) is 12.8. The number of esters is 3. The molecule has 0 aromatic heterocycles. The molecule has 0 aliphatic heterocycles. The van der Waals surface area contributed by atoms with Crippen molar-refractivity contribution >= 4 is 53.5 Å². The molecule has 6 amide bonds. The molecule has 4 N–H and O–H groups in total. The summed E-state index contributed by atoms with van der Waals surface area (Å²) in [7, 11) is 0. The Bertz CT molecular complexity index is 2330. The van der Waals surface area contributed by atoms with Crippen LogP contribution in [0.25, 0.3) is 0 Å². The van der Waals surface area contributed by atoms with Gasteiger partial charge in [0.15, 0.2) is 0 Å². The number of amides is 6. The maximum absolute atomic E-state index is 14.3. The number of nitrogens with one attached hydrogen (secondary N) is 4. The Labute approximate surface area is 428 Å². The number of benzene rings is 3. The topological polar surface area (TPSA) is 245 Å². The zero-order valence-electron chi connectivity index (χ0n) is 43.8. The number of nitrogens with zero attached hydrogens (tertiary/aromatic N) is 2. The van der Waals surface area contributed by atoms with E-state index in [1.54, 1.807) is 106 Å². The Morgan fingerprint density at radius 3 is 1.48 bits per heavy atom. The number of hydrogen-bond acceptors (Lipinski definition) is 13. The second kappa shape index (κ2) is 27.9. The lowest BCUT2D eigenvalue weighted by Crippen LogP contribution is -2.60. The number of ether oxygens (including phenoxy) is 4. The lowest BCUT2D eigenvalue weighted by atomic mass is 10.0. The van der Waals surface area contributed by atoms with Gasteiger partial charge in [0.2, 0.25) is 17.7 Å². The molecule has 0 saturated heterocycles. The van der Waals surface area contributed by atoms with Crippen LogP contribution in [0.4, 0.5) is 4.79 Å². The molecular formula is C54H72N6O13. The number of carbonyl (C=O) groups excluding carboxylic acids is 9. The Hall–Kier alpha value is -7.57. The van der Waals surface area contributed by atoms with Crippen LogP contribution in [0.3, 0.4) is 0 Å². The van der Waals surface area contributed by atoms with Gasteiger partial charge in [-0.05, 0) is 91.3 Å². The van der Waals surface area contributed by atoms with Gasteiger partial charge in [0.1, 0.15) is 48.1 Å². The molecule has 0 unspecified atom stereocenters. The first kappa shape index (κ1) is 59.7. The molecule has 19 heteroatoms. The average molecular weight is 1010 g/mol. The molecule has 0 saturated carbocycles. The largest absolute Gasteiger partial charge is 0.460 e. The van der Waals surface area contributed by atoms with E-state index in [9.17, 15) is 43.2 Å². The Morgan fingerprint density at radius 1 is 0.534 bits per heavy atom. The molecule has 0 heterocycles. The van der Waals surface area contributed by atoms with E-state index in [0.717, 1.165) is 23.3 Å².